The van der Waals surface area contributed by atoms with E-state index in [0.29, 0.717) is 0 Å². The largest absolute Gasteiger partial charge is 0.227 e. The van der Waals surface area contributed by atoms with Crippen molar-refractivity contribution in [3.8, 4) is 0 Å². The second kappa shape index (κ2) is 4.86. The van der Waals surface area contributed by atoms with Crippen LogP contribution in [-0.2, 0) is 0 Å². The zero-order chi connectivity index (χ0) is 15.2. The van der Waals surface area contributed by atoms with Gasteiger partial charge in [0.25, 0.3) is 0 Å². The minimum atomic E-state index is 0.788. The highest BCUT2D eigenvalue weighted by Crippen LogP contribution is 2.35. The quantitative estimate of drug-likeness (QED) is 0.299. The summed E-state index contributed by atoms with van der Waals surface area (Å²) in [5.41, 5.74) is 1.13. The van der Waals surface area contributed by atoms with Gasteiger partial charge < -0.3 is 0 Å². The lowest BCUT2D eigenvalue weighted by Gasteiger charge is -2.12. The smallest absolute Gasteiger partial charge is 0.208 e. The molecule has 4 aromatic carbocycles. The number of rotatable bonds is 2. The lowest BCUT2D eigenvalue weighted by molar-refractivity contribution is 1.36. The standard InChI is InChI=1S/C20H12N2S/c1-2-13-4-5-15-6-7-16(12-22-20-21-10-11-23-20)17-9-8-14(3-1)18(13)19(15)17/h1-12H. The summed E-state index contributed by atoms with van der Waals surface area (Å²) in [7, 11) is 0. The predicted molar refractivity (Wildman–Crippen MR) is 99.5 cm³/mol. The van der Waals surface area contributed by atoms with Crippen molar-refractivity contribution in [1.29, 1.82) is 0 Å². The van der Waals surface area contributed by atoms with Gasteiger partial charge in [-0.15, -0.1) is 11.3 Å². The van der Waals surface area contributed by atoms with Crippen LogP contribution in [0.5, 0.6) is 0 Å². The Balaban J connectivity index is 1.84. The van der Waals surface area contributed by atoms with Crippen molar-refractivity contribution in [3.63, 3.8) is 0 Å². The molecule has 0 amide bonds. The molecule has 0 spiro atoms. The number of hydrogen-bond acceptors (Lipinski definition) is 3. The summed E-state index contributed by atoms with van der Waals surface area (Å²) < 4.78 is 0. The van der Waals surface area contributed by atoms with Crippen LogP contribution in [0, 0.1) is 0 Å². The van der Waals surface area contributed by atoms with Crippen molar-refractivity contribution < 1.29 is 0 Å². The lowest BCUT2D eigenvalue weighted by Crippen LogP contribution is -1.88. The monoisotopic (exact) mass is 312 g/mol. The van der Waals surface area contributed by atoms with E-state index < -0.39 is 0 Å². The number of aliphatic imine (C=N–C) groups is 1. The minimum absolute atomic E-state index is 0.788. The maximum absolute atomic E-state index is 4.50. The van der Waals surface area contributed by atoms with Gasteiger partial charge in [-0.3, -0.25) is 0 Å². The Labute approximate surface area is 137 Å². The van der Waals surface area contributed by atoms with Crippen LogP contribution in [-0.4, -0.2) is 11.2 Å². The van der Waals surface area contributed by atoms with Crippen molar-refractivity contribution >= 4 is 55.0 Å². The zero-order valence-electron chi connectivity index (χ0n) is 12.2. The van der Waals surface area contributed by atoms with Gasteiger partial charge in [0.05, 0.1) is 0 Å². The van der Waals surface area contributed by atoms with Crippen LogP contribution in [0.4, 0.5) is 5.13 Å². The maximum atomic E-state index is 4.50. The molecule has 0 saturated carbocycles. The van der Waals surface area contributed by atoms with Crippen molar-refractivity contribution in [1.82, 2.24) is 4.98 Å². The molecule has 0 fully saturated rings. The summed E-state index contributed by atoms with van der Waals surface area (Å²) in [6, 6.07) is 19.6. The van der Waals surface area contributed by atoms with E-state index in [1.165, 1.54) is 32.3 Å². The molecular weight excluding hydrogens is 300 g/mol. The predicted octanol–water partition coefficient (Wildman–Crippen LogP) is 5.79. The van der Waals surface area contributed by atoms with Gasteiger partial charge in [0, 0.05) is 23.4 Å². The topological polar surface area (TPSA) is 25.2 Å². The number of thiazole rings is 1. The zero-order valence-corrected chi connectivity index (χ0v) is 13.0. The molecule has 0 aliphatic heterocycles. The molecule has 0 saturated heterocycles. The molecule has 0 aliphatic carbocycles. The molecule has 108 valence electrons. The molecule has 23 heavy (non-hydrogen) atoms. The Morgan fingerprint density at radius 1 is 0.826 bits per heavy atom. The van der Waals surface area contributed by atoms with Crippen LogP contribution in [0.2, 0.25) is 0 Å². The Morgan fingerprint density at radius 2 is 1.57 bits per heavy atom. The van der Waals surface area contributed by atoms with Crippen molar-refractivity contribution in [2.75, 3.05) is 0 Å². The summed E-state index contributed by atoms with van der Waals surface area (Å²) in [6.45, 7) is 0. The van der Waals surface area contributed by atoms with E-state index in [2.05, 4.69) is 64.6 Å². The summed E-state index contributed by atoms with van der Waals surface area (Å²) in [6.07, 6.45) is 3.70. The molecule has 0 aliphatic rings. The van der Waals surface area contributed by atoms with E-state index in [1.54, 1.807) is 17.5 Å². The average molecular weight is 312 g/mol. The van der Waals surface area contributed by atoms with Gasteiger partial charge in [0.2, 0.25) is 5.13 Å². The highest BCUT2D eigenvalue weighted by molar-refractivity contribution is 7.13. The van der Waals surface area contributed by atoms with Crippen LogP contribution in [0.25, 0.3) is 32.3 Å². The molecule has 0 unspecified atom stereocenters. The van der Waals surface area contributed by atoms with E-state index in [1.807, 2.05) is 11.6 Å². The average Bonchev–Trinajstić information content (AvgIpc) is 3.12. The SMILES string of the molecule is C(=Nc1nccs1)c1ccc2ccc3cccc4ccc1c2c34. The van der Waals surface area contributed by atoms with Gasteiger partial charge in [0.1, 0.15) is 0 Å². The number of benzene rings is 4. The molecule has 5 rings (SSSR count). The highest BCUT2D eigenvalue weighted by Gasteiger charge is 2.09. The molecule has 1 aromatic heterocycles. The van der Waals surface area contributed by atoms with Crippen LogP contribution in [0.15, 0.2) is 71.2 Å². The van der Waals surface area contributed by atoms with Crippen molar-refractivity contribution in [2.24, 2.45) is 4.99 Å². The summed E-state index contributed by atoms with van der Waals surface area (Å²) in [4.78, 5) is 8.71. The van der Waals surface area contributed by atoms with Gasteiger partial charge in [-0.2, -0.15) is 0 Å². The first-order valence-electron chi connectivity index (χ1n) is 7.50. The number of aromatic nitrogens is 1. The molecule has 5 aromatic rings. The third kappa shape index (κ3) is 1.94. The highest BCUT2D eigenvalue weighted by atomic mass is 32.1. The molecule has 0 bridgehead atoms. The molecule has 1 heterocycles. The van der Waals surface area contributed by atoms with E-state index >= 15 is 0 Å². The summed E-state index contributed by atoms with van der Waals surface area (Å²) >= 11 is 1.55. The second-order valence-corrected chi connectivity index (χ2v) is 6.46. The van der Waals surface area contributed by atoms with Crippen LogP contribution >= 0.6 is 11.3 Å². The fourth-order valence-electron chi connectivity index (χ4n) is 3.27. The Hall–Kier alpha value is -2.78. The van der Waals surface area contributed by atoms with Gasteiger partial charge in [0.15, 0.2) is 0 Å². The van der Waals surface area contributed by atoms with Crippen molar-refractivity contribution in [3.05, 3.63) is 71.7 Å². The van der Waals surface area contributed by atoms with E-state index in [4.69, 9.17) is 0 Å². The van der Waals surface area contributed by atoms with Gasteiger partial charge >= 0.3 is 0 Å². The Kier molecular flexibility index (Phi) is 2.69. The van der Waals surface area contributed by atoms with E-state index in [0.717, 1.165) is 10.7 Å². The second-order valence-electron chi connectivity index (χ2n) is 5.58. The van der Waals surface area contributed by atoms with E-state index in [9.17, 15) is 0 Å². The van der Waals surface area contributed by atoms with Gasteiger partial charge in [-0.25, -0.2) is 9.98 Å². The Bertz CT molecular complexity index is 1140. The molecule has 0 radical (unpaired) electrons. The lowest BCUT2D eigenvalue weighted by atomic mass is 9.92. The molecule has 3 heteroatoms. The first kappa shape index (κ1) is 12.7. The fraction of sp³-hybridized carbons (Fsp3) is 0. The van der Waals surface area contributed by atoms with E-state index in [-0.39, 0.29) is 0 Å². The number of hydrogen-bond donors (Lipinski definition) is 0. The first-order valence-corrected chi connectivity index (χ1v) is 8.38. The van der Waals surface area contributed by atoms with Crippen molar-refractivity contribution in [2.45, 2.75) is 0 Å². The van der Waals surface area contributed by atoms with Crippen LogP contribution < -0.4 is 0 Å². The minimum Gasteiger partial charge on any atom is -0.227 e. The third-order valence-electron chi connectivity index (χ3n) is 4.30. The van der Waals surface area contributed by atoms with Crippen LogP contribution in [0.3, 0.4) is 0 Å². The van der Waals surface area contributed by atoms with Crippen LogP contribution in [0.1, 0.15) is 5.56 Å². The summed E-state index contributed by atoms with van der Waals surface area (Å²) in [5.74, 6) is 0. The molecular formula is C20H12N2S. The normalized spacial score (nSPS) is 12.2. The van der Waals surface area contributed by atoms with Gasteiger partial charge in [-0.05, 0) is 32.3 Å². The first-order chi connectivity index (χ1) is 11.4. The molecule has 0 N–H and O–H groups in total. The maximum Gasteiger partial charge on any atom is 0.208 e. The summed E-state index contributed by atoms with van der Waals surface area (Å²) in [5, 5.41) is 10.5. The molecule has 2 nitrogen and oxygen atoms in total. The third-order valence-corrected chi connectivity index (χ3v) is 4.98. The number of nitrogens with zero attached hydrogens (tertiary/aromatic N) is 2. The fourth-order valence-corrected chi connectivity index (χ4v) is 3.75. The molecule has 0 atom stereocenters. The van der Waals surface area contributed by atoms with Gasteiger partial charge in [-0.1, -0.05) is 54.6 Å². The Morgan fingerprint density at radius 3 is 2.35 bits per heavy atom.